The Kier molecular flexibility index (Phi) is 6.14. The number of carbonyl (C=O) groups is 2. The lowest BCUT2D eigenvalue weighted by Crippen LogP contribution is -2.30. The molecule has 1 aromatic carbocycles. The number of nitrogens with zero attached hydrogens (tertiary/aromatic N) is 2. The maximum Gasteiger partial charge on any atom is 0.416 e. The van der Waals surface area contributed by atoms with E-state index in [1.165, 1.54) is 4.57 Å². The molecule has 0 spiro atoms. The van der Waals surface area contributed by atoms with Gasteiger partial charge in [-0.3, -0.25) is 19.0 Å². The molecule has 1 aliphatic rings. The first-order chi connectivity index (χ1) is 14.2. The van der Waals surface area contributed by atoms with Crippen LogP contribution in [0.15, 0.2) is 23.0 Å². The summed E-state index contributed by atoms with van der Waals surface area (Å²) in [6, 6.07) is 2.80. The van der Waals surface area contributed by atoms with Crippen molar-refractivity contribution in [3.05, 3.63) is 39.9 Å². The van der Waals surface area contributed by atoms with Gasteiger partial charge in [0.2, 0.25) is 0 Å². The van der Waals surface area contributed by atoms with Crippen LogP contribution in [0.2, 0.25) is 0 Å². The summed E-state index contributed by atoms with van der Waals surface area (Å²) in [6.07, 6.45) is -4.15. The standard InChI is InChI=1S/C20H21F3N2O5/c1-3-29-18(27)14(19(28)30-4-2)9-11-7-8-25-16(11)24-15-10-12(20(21,22)23)5-6-13(15)17(25)26/h5-6,10-11,14H,3-4,7-9H2,1-2H3. The van der Waals surface area contributed by atoms with Crippen molar-refractivity contribution in [2.45, 2.75) is 45.3 Å². The summed E-state index contributed by atoms with van der Waals surface area (Å²) in [5, 5.41) is 0.0831. The Bertz CT molecular complexity index is 1010. The first kappa shape index (κ1) is 21.8. The fourth-order valence-corrected chi connectivity index (χ4v) is 3.64. The van der Waals surface area contributed by atoms with Crippen molar-refractivity contribution in [1.29, 1.82) is 0 Å². The highest BCUT2D eigenvalue weighted by Gasteiger charge is 2.37. The monoisotopic (exact) mass is 426 g/mol. The molecule has 0 saturated carbocycles. The fourth-order valence-electron chi connectivity index (χ4n) is 3.64. The van der Waals surface area contributed by atoms with Crippen LogP contribution in [0.5, 0.6) is 0 Å². The molecule has 2 aromatic rings. The number of hydrogen-bond acceptors (Lipinski definition) is 6. The molecule has 0 bridgehead atoms. The van der Waals surface area contributed by atoms with Gasteiger partial charge < -0.3 is 9.47 Å². The minimum Gasteiger partial charge on any atom is -0.465 e. The lowest BCUT2D eigenvalue weighted by Gasteiger charge is -2.18. The van der Waals surface area contributed by atoms with Crippen LogP contribution in [0.1, 0.15) is 44.0 Å². The number of hydrogen-bond donors (Lipinski definition) is 0. The van der Waals surface area contributed by atoms with Gasteiger partial charge in [-0.2, -0.15) is 13.2 Å². The van der Waals surface area contributed by atoms with Crippen molar-refractivity contribution in [3.63, 3.8) is 0 Å². The van der Waals surface area contributed by atoms with E-state index in [4.69, 9.17) is 9.47 Å². The van der Waals surface area contributed by atoms with E-state index in [1.54, 1.807) is 13.8 Å². The normalized spacial score (nSPS) is 16.0. The molecule has 7 nitrogen and oxygen atoms in total. The van der Waals surface area contributed by atoms with E-state index in [2.05, 4.69) is 4.98 Å². The molecule has 0 fully saturated rings. The quantitative estimate of drug-likeness (QED) is 0.521. The number of carbonyl (C=O) groups excluding carboxylic acids is 2. The van der Waals surface area contributed by atoms with Crippen LogP contribution < -0.4 is 5.56 Å². The molecule has 2 heterocycles. The zero-order chi connectivity index (χ0) is 22.1. The van der Waals surface area contributed by atoms with E-state index in [9.17, 15) is 27.6 Å². The summed E-state index contributed by atoms with van der Waals surface area (Å²) in [5.41, 5.74) is -1.43. The highest BCUT2D eigenvalue weighted by molar-refractivity contribution is 5.95. The van der Waals surface area contributed by atoms with E-state index in [1.807, 2.05) is 0 Å². The molecule has 0 amide bonds. The smallest absolute Gasteiger partial charge is 0.416 e. The Balaban J connectivity index is 2.00. The molecular weight excluding hydrogens is 405 g/mol. The minimum absolute atomic E-state index is 0.00538. The second kappa shape index (κ2) is 8.45. The number of alkyl halides is 3. The Hall–Kier alpha value is -2.91. The molecule has 0 radical (unpaired) electrons. The van der Waals surface area contributed by atoms with Crippen LogP contribution in [-0.4, -0.2) is 34.7 Å². The van der Waals surface area contributed by atoms with E-state index in [0.717, 1.165) is 18.2 Å². The van der Waals surface area contributed by atoms with Crippen molar-refractivity contribution < 1.29 is 32.2 Å². The van der Waals surface area contributed by atoms with Crippen molar-refractivity contribution in [3.8, 4) is 0 Å². The maximum absolute atomic E-state index is 13.0. The van der Waals surface area contributed by atoms with Crippen molar-refractivity contribution in [2.24, 2.45) is 5.92 Å². The summed E-state index contributed by atoms with van der Waals surface area (Å²) >= 11 is 0. The zero-order valence-electron chi connectivity index (χ0n) is 16.5. The Morgan fingerprint density at radius 3 is 2.40 bits per heavy atom. The van der Waals surface area contributed by atoms with Crippen molar-refractivity contribution in [2.75, 3.05) is 13.2 Å². The SMILES string of the molecule is CCOC(=O)C(CC1CCn2c1nc1cc(C(F)(F)F)ccc1c2=O)C(=O)OCC. The van der Waals surface area contributed by atoms with Gasteiger partial charge in [0.1, 0.15) is 5.82 Å². The third-order valence-electron chi connectivity index (χ3n) is 5.04. The Morgan fingerprint density at radius 1 is 1.20 bits per heavy atom. The molecule has 1 unspecified atom stereocenters. The van der Waals surface area contributed by atoms with Crippen LogP contribution >= 0.6 is 0 Å². The van der Waals surface area contributed by atoms with Crippen molar-refractivity contribution >= 4 is 22.8 Å². The summed E-state index contributed by atoms with van der Waals surface area (Å²) in [6.45, 7) is 3.67. The second-order valence-corrected chi connectivity index (χ2v) is 6.93. The lowest BCUT2D eigenvalue weighted by atomic mass is 9.92. The number of benzene rings is 1. The first-order valence-corrected chi connectivity index (χ1v) is 9.62. The number of halogens is 3. The fraction of sp³-hybridized carbons (Fsp3) is 0.500. The Labute approximate surface area is 169 Å². The van der Waals surface area contributed by atoms with Crippen molar-refractivity contribution in [1.82, 2.24) is 9.55 Å². The van der Waals surface area contributed by atoms with Gasteiger partial charge in [-0.25, -0.2) is 4.98 Å². The molecular formula is C20H21F3N2O5. The van der Waals surface area contributed by atoms with Crippen LogP contribution in [0.4, 0.5) is 13.2 Å². The number of ether oxygens (including phenoxy) is 2. The maximum atomic E-state index is 13.0. The van der Waals surface area contributed by atoms with Crippen LogP contribution in [0.3, 0.4) is 0 Å². The average molecular weight is 426 g/mol. The van der Waals surface area contributed by atoms with E-state index < -0.39 is 41.1 Å². The number of rotatable bonds is 6. The second-order valence-electron chi connectivity index (χ2n) is 6.93. The van der Waals surface area contributed by atoms with E-state index in [0.29, 0.717) is 13.0 Å². The topological polar surface area (TPSA) is 87.5 Å². The van der Waals surface area contributed by atoms with Gasteiger partial charge in [0, 0.05) is 12.5 Å². The summed E-state index contributed by atoms with van der Waals surface area (Å²) in [5.74, 6) is -2.90. The average Bonchev–Trinajstić information content (AvgIpc) is 3.08. The summed E-state index contributed by atoms with van der Waals surface area (Å²) < 4.78 is 50.5. The van der Waals surface area contributed by atoms with Gasteiger partial charge >= 0.3 is 18.1 Å². The van der Waals surface area contributed by atoms with Crippen LogP contribution in [-0.2, 0) is 31.8 Å². The van der Waals surface area contributed by atoms with E-state index >= 15 is 0 Å². The van der Waals surface area contributed by atoms with Crippen LogP contribution in [0, 0.1) is 5.92 Å². The third-order valence-corrected chi connectivity index (χ3v) is 5.04. The highest BCUT2D eigenvalue weighted by Crippen LogP contribution is 2.34. The minimum atomic E-state index is -4.57. The summed E-state index contributed by atoms with van der Waals surface area (Å²) in [4.78, 5) is 41.6. The number of aromatic nitrogens is 2. The predicted octanol–water partition coefficient (Wildman–Crippen LogP) is 3.04. The molecule has 0 aliphatic carbocycles. The lowest BCUT2D eigenvalue weighted by molar-refractivity contribution is -0.162. The van der Waals surface area contributed by atoms with Gasteiger partial charge in [-0.05, 0) is 44.9 Å². The van der Waals surface area contributed by atoms with Gasteiger partial charge in [0.25, 0.3) is 5.56 Å². The summed E-state index contributed by atoms with van der Waals surface area (Å²) in [7, 11) is 0. The molecule has 0 saturated heterocycles. The zero-order valence-corrected chi connectivity index (χ0v) is 16.5. The molecule has 1 atom stereocenters. The molecule has 1 aliphatic heterocycles. The van der Waals surface area contributed by atoms with Gasteiger partial charge in [-0.1, -0.05) is 0 Å². The predicted molar refractivity (Wildman–Crippen MR) is 99.7 cm³/mol. The molecule has 3 rings (SSSR count). The number of fused-ring (bicyclic) bond motifs is 2. The van der Waals surface area contributed by atoms with Gasteiger partial charge in [-0.15, -0.1) is 0 Å². The van der Waals surface area contributed by atoms with Crippen LogP contribution in [0.25, 0.3) is 10.9 Å². The third kappa shape index (κ3) is 4.17. The number of esters is 2. The molecule has 162 valence electrons. The Morgan fingerprint density at radius 2 is 1.83 bits per heavy atom. The van der Waals surface area contributed by atoms with Gasteiger partial charge in [0.05, 0.1) is 29.7 Å². The first-order valence-electron chi connectivity index (χ1n) is 9.62. The highest BCUT2D eigenvalue weighted by atomic mass is 19.4. The molecule has 1 aromatic heterocycles. The molecule has 0 N–H and O–H groups in total. The van der Waals surface area contributed by atoms with E-state index in [-0.39, 0.29) is 36.4 Å². The molecule has 10 heteroatoms. The van der Waals surface area contributed by atoms with Gasteiger partial charge in [0.15, 0.2) is 5.92 Å². The molecule has 30 heavy (non-hydrogen) atoms. The largest absolute Gasteiger partial charge is 0.465 e.